The van der Waals surface area contributed by atoms with Gasteiger partial charge in [0, 0.05) is 37.8 Å². The molecule has 0 aliphatic heterocycles. The van der Waals surface area contributed by atoms with Crippen LogP contribution in [0.25, 0.3) is 10.9 Å². The monoisotopic (exact) mass is 404 g/mol. The Morgan fingerprint density at radius 3 is 2.64 bits per heavy atom. The zero-order valence-corrected chi connectivity index (χ0v) is 18.2. The standard InChI is InChI=1S/C21H32N4O2S/c1-5-24(6-2)10-11-25(21(28)22-9-12-27-4)15-18-14-17-8-7-16(3)13-19(17)23-20(18)26/h7-8,13-14H,5-6,9-12,15H2,1-4H3,(H,22,28)(H,23,26). The molecule has 2 N–H and O–H groups in total. The number of aromatic nitrogens is 1. The average Bonchev–Trinajstić information content (AvgIpc) is 2.68. The van der Waals surface area contributed by atoms with E-state index in [1.807, 2.05) is 25.1 Å². The van der Waals surface area contributed by atoms with E-state index in [0.29, 0.717) is 30.4 Å². The molecular formula is C21H32N4O2S. The number of H-pyrrole nitrogens is 1. The van der Waals surface area contributed by atoms with Gasteiger partial charge in [-0.1, -0.05) is 26.0 Å². The van der Waals surface area contributed by atoms with Gasteiger partial charge in [0.25, 0.3) is 5.56 Å². The van der Waals surface area contributed by atoms with E-state index in [1.54, 1.807) is 7.11 Å². The van der Waals surface area contributed by atoms with Gasteiger partial charge in [-0.05, 0) is 55.3 Å². The van der Waals surface area contributed by atoms with E-state index < -0.39 is 0 Å². The third-order valence-electron chi connectivity index (χ3n) is 4.89. The molecule has 0 fully saturated rings. The predicted molar refractivity (Wildman–Crippen MR) is 120 cm³/mol. The average molecular weight is 405 g/mol. The number of thiocarbonyl (C=S) groups is 1. The van der Waals surface area contributed by atoms with Gasteiger partial charge in [-0.15, -0.1) is 0 Å². The molecule has 6 nitrogen and oxygen atoms in total. The van der Waals surface area contributed by atoms with Crippen molar-refractivity contribution in [1.82, 2.24) is 20.1 Å². The number of ether oxygens (including phenoxy) is 1. The zero-order chi connectivity index (χ0) is 20.5. The fourth-order valence-corrected chi connectivity index (χ4v) is 3.37. The summed E-state index contributed by atoms with van der Waals surface area (Å²) in [6.07, 6.45) is 0. The minimum Gasteiger partial charge on any atom is -0.383 e. The molecule has 154 valence electrons. The van der Waals surface area contributed by atoms with Crippen LogP contribution in [-0.4, -0.2) is 66.3 Å². The van der Waals surface area contributed by atoms with Gasteiger partial charge in [0.1, 0.15) is 0 Å². The number of aryl methyl sites for hydroxylation is 1. The maximum absolute atomic E-state index is 12.6. The molecule has 0 aliphatic carbocycles. The summed E-state index contributed by atoms with van der Waals surface area (Å²) >= 11 is 5.60. The van der Waals surface area contributed by atoms with Gasteiger partial charge in [0.15, 0.2) is 5.11 Å². The summed E-state index contributed by atoms with van der Waals surface area (Å²) in [5.41, 5.74) is 2.64. The van der Waals surface area contributed by atoms with Crippen molar-refractivity contribution in [2.24, 2.45) is 0 Å². The third-order valence-corrected chi connectivity index (χ3v) is 5.29. The molecule has 1 aromatic carbocycles. The van der Waals surface area contributed by atoms with Crippen LogP contribution in [0.4, 0.5) is 0 Å². The quantitative estimate of drug-likeness (QED) is 0.469. The van der Waals surface area contributed by atoms with Crippen LogP contribution in [0.15, 0.2) is 29.1 Å². The second-order valence-electron chi connectivity index (χ2n) is 6.89. The molecule has 0 amide bonds. The lowest BCUT2D eigenvalue weighted by Crippen LogP contribution is -2.45. The van der Waals surface area contributed by atoms with Gasteiger partial charge >= 0.3 is 0 Å². The predicted octanol–water partition coefficient (Wildman–Crippen LogP) is 2.50. The minimum atomic E-state index is -0.0642. The molecule has 0 saturated heterocycles. The Balaban J connectivity index is 2.21. The largest absolute Gasteiger partial charge is 0.383 e. The van der Waals surface area contributed by atoms with E-state index in [2.05, 4.69) is 40.0 Å². The van der Waals surface area contributed by atoms with E-state index in [-0.39, 0.29) is 5.56 Å². The minimum absolute atomic E-state index is 0.0642. The lowest BCUT2D eigenvalue weighted by molar-refractivity contribution is 0.202. The first kappa shape index (κ1) is 22.3. The SMILES string of the molecule is CCN(CC)CCN(Cc1cc2ccc(C)cc2[nH]c1=O)C(=S)NCCOC. The highest BCUT2D eigenvalue weighted by Crippen LogP contribution is 2.14. The van der Waals surface area contributed by atoms with Gasteiger partial charge < -0.3 is 24.8 Å². The molecule has 0 spiro atoms. The summed E-state index contributed by atoms with van der Waals surface area (Å²) in [6.45, 7) is 11.6. The van der Waals surface area contributed by atoms with E-state index in [4.69, 9.17) is 17.0 Å². The molecular weight excluding hydrogens is 372 g/mol. The number of rotatable bonds is 10. The lowest BCUT2D eigenvalue weighted by Gasteiger charge is -2.28. The van der Waals surface area contributed by atoms with E-state index in [9.17, 15) is 4.79 Å². The van der Waals surface area contributed by atoms with Gasteiger partial charge in [-0.25, -0.2) is 0 Å². The fraction of sp³-hybridized carbons (Fsp3) is 0.524. The number of aromatic amines is 1. The third kappa shape index (κ3) is 6.29. The summed E-state index contributed by atoms with van der Waals surface area (Å²) < 4.78 is 5.10. The molecule has 0 radical (unpaired) electrons. The molecule has 0 bridgehead atoms. The van der Waals surface area contributed by atoms with Gasteiger partial charge in [0.05, 0.1) is 13.2 Å². The summed E-state index contributed by atoms with van der Waals surface area (Å²) in [5, 5.41) is 4.91. The molecule has 1 heterocycles. The van der Waals surface area contributed by atoms with Gasteiger partial charge in [0.2, 0.25) is 0 Å². The number of nitrogens with zero attached hydrogens (tertiary/aromatic N) is 2. The number of nitrogens with one attached hydrogen (secondary N) is 2. The number of hydrogen-bond acceptors (Lipinski definition) is 4. The van der Waals surface area contributed by atoms with E-state index in [0.717, 1.165) is 42.6 Å². The van der Waals surface area contributed by atoms with Crippen molar-refractivity contribution >= 4 is 28.2 Å². The molecule has 0 atom stereocenters. The van der Waals surface area contributed by atoms with Crippen LogP contribution in [-0.2, 0) is 11.3 Å². The van der Waals surface area contributed by atoms with Crippen LogP contribution in [0, 0.1) is 6.92 Å². The molecule has 0 saturated carbocycles. The summed E-state index contributed by atoms with van der Waals surface area (Å²) in [7, 11) is 1.67. The smallest absolute Gasteiger partial charge is 0.253 e. The van der Waals surface area contributed by atoms with Gasteiger partial charge in [-0.2, -0.15) is 0 Å². The second-order valence-corrected chi connectivity index (χ2v) is 7.27. The topological polar surface area (TPSA) is 60.6 Å². The van der Waals surface area contributed by atoms with Crippen molar-refractivity contribution in [3.05, 3.63) is 45.7 Å². The Labute approximate surface area is 172 Å². The Hall–Kier alpha value is -1.96. The normalized spacial score (nSPS) is 11.2. The highest BCUT2D eigenvalue weighted by molar-refractivity contribution is 7.80. The van der Waals surface area contributed by atoms with Crippen LogP contribution in [0.1, 0.15) is 25.0 Å². The maximum Gasteiger partial charge on any atom is 0.253 e. The van der Waals surface area contributed by atoms with Crippen molar-refractivity contribution in [2.45, 2.75) is 27.3 Å². The number of fused-ring (bicyclic) bond motifs is 1. The van der Waals surface area contributed by atoms with Gasteiger partial charge in [-0.3, -0.25) is 4.79 Å². The van der Waals surface area contributed by atoms with Crippen LogP contribution in [0.2, 0.25) is 0 Å². The highest BCUT2D eigenvalue weighted by atomic mass is 32.1. The maximum atomic E-state index is 12.6. The van der Waals surface area contributed by atoms with E-state index in [1.165, 1.54) is 0 Å². The zero-order valence-electron chi connectivity index (χ0n) is 17.4. The Morgan fingerprint density at radius 1 is 1.21 bits per heavy atom. The van der Waals surface area contributed by atoms with Crippen LogP contribution < -0.4 is 10.9 Å². The Bertz CT molecular complexity index is 833. The lowest BCUT2D eigenvalue weighted by atomic mass is 10.1. The van der Waals surface area contributed by atoms with Crippen molar-refractivity contribution in [1.29, 1.82) is 0 Å². The Kier molecular flexibility index (Phi) is 8.89. The molecule has 0 unspecified atom stereocenters. The van der Waals surface area contributed by atoms with Crippen molar-refractivity contribution in [3.63, 3.8) is 0 Å². The van der Waals surface area contributed by atoms with Crippen LogP contribution in [0.5, 0.6) is 0 Å². The molecule has 1 aromatic heterocycles. The van der Waals surface area contributed by atoms with Crippen LogP contribution >= 0.6 is 12.2 Å². The number of hydrogen-bond donors (Lipinski definition) is 2. The fourth-order valence-electron chi connectivity index (χ4n) is 3.11. The van der Waals surface area contributed by atoms with Crippen molar-refractivity contribution < 1.29 is 4.74 Å². The number of pyridine rings is 1. The summed E-state index contributed by atoms with van der Waals surface area (Å²) in [4.78, 5) is 20.1. The first-order valence-corrected chi connectivity index (χ1v) is 10.3. The van der Waals surface area contributed by atoms with Crippen molar-refractivity contribution in [3.8, 4) is 0 Å². The first-order chi connectivity index (χ1) is 13.5. The highest BCUT2D eigenvalue weighted by Gasteiger charge is 2.14. The van der Waals surface area contributed by atoms with E-state index >= 15 is 0 Å². The summed E-state index contributed by atoms with van der Waals surface area (Å²) in [5.74, 6) is 0. The van der Waals surface area contributed by atoms with Crippen molar-refractivity contribution in [2.75, 3.05) is 46.4 Å². The Morgan fingerprint density at radius 2 is 1.96 bits per heavy atom. The summed E-state index contributed by atoms with van der Waals surface area (Å²) in [6, 6.07) is 8.06. The number of likely N-dealkylation sites (N-methyl/N-ethyl adjacent to an activating group) is 1. The first-order valence-electron chi connectivity index (χ1n) is 9.85. The van der Waals surface area contributed by atoms with Crippen LogP contribution in [0.3, 0.4) is 0 Å². The molecule has 2 rings (SSSR count). The molecule has 0 aliphatic rings. The number of methoxy groups -OCH3 is 1. The molecule has 28 heavy (non-hydrogen) atoms. The molecule has 7 heteroatoms. The molecule has 2 aromatic rings. The second kappa shape index (κ2) is 11.1. The number of benzene rings is 1.